The SMILES string of the molecule is CNC(C(=O)O)c1cccc(Br)c1.Cl. The molecule has 78 valence electrons. The molecule has 0 spiro atoms. The summed E-state index contributed by atoms with van der Waals surface area (Å²) in [6.45, 7) is 0. The van der Waals surface area contributed by atoms with E-state index in [1.54, 1.807) is 19.2 Å². The highest BCUT2D eigenvalue weighted by Gasteiger charge is 2.16. The molecule has 0 saturated heterocycles. The second-order valence-corrected chi connectivity index (χ2v) is 3.53. The van der Waals surface area contributed by atoms with Crippen molar-refractivity contribution in [1.82, 2.24) is 5.32 Å². The Kier molecular flexibility index (Phi) is 5.76. The quantitative estimate of drug-likeness (QED) is 0.892. The molecule has 0 aromatic heterocycles. The molecule has 1 aromatic carbocycles. The van der Waals surface area contributed by atoms with Crippen LogP contribution in [0.3, 0.4) is 0 Å². The molecule has 1 aromatic rings. The molecular formula is C9H11BrClNO2. The maximum atomic E-state index is 10.8. The van der Waals surface area contributed by atoms with Crippen LogP contribution in [-0.2, 0) is 4.79 Å². The van der Waals surface area contributed by atoms with Gasteiger partial charge in [0, 0.05) is 4.47 Å². The number of carbonyl (C=O) groups is 1. The third-order valence-corrected chi connectivity index (χ3v) is 2.21. The summed E-state index contributed by atoms with van der Waals surface area (Å²) < 4.78 is 0.881. The molecule has 1 atom stereocenters. The van der Waals surface area contributed by atoms with Gasteiger partial charge in [0.2, 0.25) is 0 Å². The molecule has 0 amide bonds. The zero-order chi connectivity index (χ0) is 9.84. The van der Waals surface area contributed by atoms with Gasteiger partial charge in [-0.25, -0.2) is 0 Å². The molecule has 0 aliphatic heterocycles. The Labute approximate surface area is 97.1 Å². The maximum Gasteiger partial charge on any atom is 0.325 e. The fourth-order valence-corrected chi connectivity index (χ4v) is 1.54. The minimum atomic E-state index is -0.874. The van der Waals surface area contributed by atoms with Crippen molar-refractivity contribution in [2.75, 3.05) is 7.05 Å². The molecule has 0 heterocycles. The number of hydrogen-bond donors (Lipinski definition) is 2. The average Bonchev–Trinajstić information content (AvgIpc) is 2.04. The minimum absolute atomic E-state index is 0. The summed E-state index contributed by atoms with van der Waals surface area (Å²) in [5.41, 5.74) is 0.740. The molecule has 0 aliphatic rings. The molecule has 0 saturated carbocycles. The van der Waals surface area contributed by atoms with E-state index in [-0.39, 0.29) is 12.4 Å². The highest BCUT2D eigenvalue weighted by atomic mass is 79.9. The van der Waals surface area contributed by atoms with Gasteiger partial charge in [-0.2, -0.15) is 0 Å². The zero-order valence-corrected chi connectivity index (χ0v) is 9.93. The summed E-state index contributed by atoms with van der Waals surface area (Å²) in [6, 6.07) is 6.60. The molecule has 3 nitrogen and oxygen atoms in total. The average molecular weight is 281 g/mol. The first-order valence-corrected chi connectivity index (χ1v) is 4.60. The van der Waals surface area contributed by atoms with Crippen LogP contribution < -0.4 is 5.32 Å². The van der Waals surface area contributed by atoms with Crippen LogP contribution in [0.25, 0.3) is 0 Å². The Morgan fingerprint density at radius 3 is 2.64 bits per heavy atom. The van der Waals surface area contributed by atoms with Gasteiger partial charge in [0.1, 0.15) is 6.04 Å². The Bertz CT molecular complexity index is 319. The first-order chi connectivity index (χ1) is 6.15. The molecule has 0 radical (unpaired) electrons. The number of rotatable bonds is 3. The molecule has 1 unspecified atom stereocenters. The van der Waals surface area contributed by atoms with Gasteiger partial charge in [0.25, 0.3) is 0 Å². The maximum absolute atomic E-state index is 10.8. The lowest BCUT2D eigenvalue weighted by atomic mass is 10.1. The van der Waals surface area contributed by atoms with Gasteiger partial charge >= 0.3 is 5.97 Å². The van der Waals surface area contributed by atoms with Gasteiger partial charge in [0.15, 0.2) is 0 Å². The number of halogens is 2. The predicted octanol–water partition coefficient (Wildman–Crippen LogP) is 2.22. The zero-order valence-electron chi connectivity index (χ0n) is 7.53. The van der Waals surface area contributed by atoms with E-state index in [4.69, 9.17) is 5.11 Å². The fourth-order valence-electron chi connectivity index (χ4n) is 1.12. The number of aliphatic carboxylic acids is 1. The fraction of sp³-hybridized carbons (Fsp3) is 0.222. The Morgan fingerprint density at radius 1 is 1.57 bits per heavy atom. The Morgan fingerprint density at radius 2 is 2.21 bits per heavy atom. The van der Waals surface area contributed by atoms with Crippen LogP contribution in [0.4, 0.5) is 0 Å². The van der Waals surface area contributed by atoms with Gasteiger partial charge in [-0.05, 0) is 24.7 Å². The normalized spacial score (nSPS) is 11.6. The molecule has 14 heavy (non-hydrogen) atoms. The van der Waals surface area contributed by atoms with Gasteiger partial charge in [-0.15, -0.1) is 12.4 Å². The third-order valence-electron chi connectivity index (χ3n) is 1.72. The first-order valence-electron chi connectivity index (χ1n) is 3.80. The second-order valence-electron chi connectivity index (χ2n) is 2.61. The first kappa shape index (κ1) is 13.4. The van der Waals surface area contributed by atoms with Gasteiger partial charge in [0.05, 0.1) is 0 Å². The van der Waals surface area contributed by atoms with E-state index in [1.807, 2.05) is 12.1 Å². The molecule has 0 bridgehead atoms. The van der Waals surface area contributed by atoms with Crippen molar-refractivity contribution in [1.29, 1.82) is 0 Å². The summed E-state index contributed by atoms with van der Waals surface area (Å²) in [5.74, 6) is -0.874. The van der Waals surface area contributed by atoms with Crippen molar-refractivity contribution in [3.8, 4) is 0 Å². The van der Waals surface area contributed by atoms with Gasteiger partial charge in [-0.1, -0.05) is 28.1 Å². The number of carboxylic acid groups (broad SMARTS) is 1. The van der Waals surface area contributed by atoms with E-state index in [0.29, 0.717) is 0 Å². The smallest absolute Gasteiger partial charge is 0.325 e. The summed E-state index contributed by atoms with van der Waals surface area (Å²) in [5, 5.41) is 11.6. The van der Waals surface area contributed by atoms with Crippen LogP contribution in [-0.4, -0.2) is 18.1 Å². The van der Waals surface area contributed by atoms with Crippen LogP contribution in [0.1, 0.15) is 11.6 Å². The third kappa shape index (κ3) is 3.29. The highest BCUT2D eigenvalue weighted by molar-refractivity contribution is 9.10. The van der Waals surface area contributed by atoms with E-state index in [0.717, 1.165) is 10.0 Å². The van der Waals surface area contributed by atoms with Crippen molar-refractivity contribution in [3.63, 3.8) is 0 Å². The van der Waals surface area contributed by atoms with E-state index in [1.165, 1.54) is 0 Å². The van der Waals surface area contributed by atoms with E-state index >= 15 is 0 Å². The number of hydrogen-bond acceptors (Lipinski definition) is 2. The van der Waals surface area contributed by atoms with Crippen molar-refractivity contribution in [2.24, 2.45) is 0 Å². The van der Waals surface area contributed by atoms with Gasteiger partial charge in [-0.3, -0.25) is 4.79 Å². The van der Waals surface area contributed by atoms with Crippen molar-refractivity contribution >= 4 is 34.3 Å². The van der Waals surface area contributed by atoms with E-state index in [2.05, 4.69) is 21.2 Å². The largest absolute Gasteiger partial charge is 0.480 e. The van der Waals surface area contributed by atoms with E-state index in [9.17, 15) is 4.79 Å². The molecular weight excluding hydrogens is 269 g/mol. The lowest BCUT2D eigenvalue weighted by Gasteiger charge is -2.11. The standard InChI is InChI=1S/C9H10BrNO2.ClH/c1-11-8(9(12)13)6-3-2-4-7(10)5-6;/h2-5,8,11H,1H3,(H,12,13);1H. The number of likely N-dealkylation sites (N-methyl/N-ethyl adjacent to an activating group) is 1. The predicted molar refractivity (Wildman–Crippen MR) is 60.8 cm³/mol. The Hall–Kier alpha value is -0.580. The lowest BCUT2D eigenvalue weighted by Crippen LogP contribution is -2.24. The van der Waals surface area contributed by atoms with Crippen LogP contribution in [0.15, 0.2) is 28.7 Å². The Balaban J connectivity index is 0.00000169. The van der Waals surface area contributed by atoms with Gasteiger partial charge < -0.3 is 10.4 Å². The number of nitrogens with one attached hydrogen (secondary N) is 1. The summed E-state index contributed by atoms with van der Waals surface area (Å²) in [4.78, 5) is 10.8. The van der Waals surface area contributed by atoms with Crippen molar-refractivity contribution in [3.05, 3.63) is 34.3 Å². The minimum Gasteiger partial charge on any atom is -0.480 e. The summed E-state index contributed by atoms with van der Waals surface area (Å²) >= 11 is 3.29. The molecule has 0 fully saturated rings. The number of benzene rings is 1. The van der Waals surface area contributed by atoms with Crippen LogP contribution in [0, 0.1) is 0 Å². The van der Waals surface area contributed by atoms with Crippen molar-refractivity contribution < 1.29 is 9.90 Å². The molecule has 5 heteroatoms. The van der Waals surface area contributed by atoms with Crippen LogP contribution >= 0.6 is 28.3 Å². The topological polar surface area (TPSA) is 49.3 Å². The summed E-state index contributed by atoms with van der Waals surface area (Å²) in [7, 11) is 1.62. The summed E-state index contributed by atoms with van der Waals surface area (Å²) in [6.07, 6.45) is 0. The lowest BCUT2D eigenvalue weighted by molar-refractivity contribution is -0.139. The molecule has 0 aliphatic carbocycles. The number of carboxylic acids is 1. The highest BCUT2D eigenvalue weighted by Crippen LogP contribution is 2.17. The molecule has 2 N–H and O–H groups in total. The van der Waals surface area contributed by atoms with Crippen LogP contribution in [0.2, 0.25) is 0 Å². The monoisotopic (exact) mass is 279 g/mol. The molecule has 1 rings (SSSR count). The van der Waals surface area contributed by atoms with Crippen LogP contribution in [0.5, 0.6) is 0 Å². The van der Waals surface area contributed by atoms with E-state index < -0.39 is 12.0 Å². The second kappa shape index (κ2) is 6.01. The van der Waals surface area contributed by atoms with Crippen molar-refractivity contribution in [2.45, 2.75) is 6.04 Å².